The molecule has 0 spiro atoms. The zero-order valence-corrected chi connectivity index (χ0v) is 6.59. The lowest BCUT2D eigenvalue weighted by atomic mass is 10.2. The van der Waals surface area contributed by atoms with Gasteiger partial charge in [-0.25, -0.2) is 0 Å². The van der Waals surface area contributed by atoms with Crippen LogP contribution in [0.4, 0.5) is 0 Å². The second kappa shape index (κ2) is 3.37. The molecular formula is C7H12N2O2. The lowest BCUT2D eigenvalue weighted by Crippen LogP contribution is -2.43. The van der Waals surface area contributed by atoms with E-state index in [-0.39, 0.29) is 18.2 Å². The smallest absolute Gasteiger partial charge is 0.232 e. The molecule has 0 saturated carbocycles. The number of likely N-dealkylation sites (tertiary alicyclic amines) is 1. The Morgan fingerprint density at radius 2 is 2.09 bits per heavy atom. The summed E-state index contributed by atoms with van der Waals surface area (Å²) in [5, 5.41) is 2.41. The molecule has 1 heterocycles. The number of carbonyl (C=O) groups is 2. The van der Waals surface area contributed by atoms with Crippen LogP contribution in [0.2, 0.25) is 0 Å². The molecule has 0 radical (unpaired) electrons. The minimum atomic E-state index is -0.207. The van der Waals surface area contributed by atoms with Crippen LogP contribution in [-0.4, -0.2) is 36.9 Å². The minimum absolute atomic E-state index is 0.00347. The highest BCUT2D eigenvalue weighted by Crippen LogP contribution is 2.06. The number of hydrogen-bond acceptors (Lipinski definition) is 2. The van der Waals surface area contributed by atoms with Gasteiger partial charge in [0.05, 0.1) is 0 Å². The normalized spacial score (nSPS) is 15.5. The van der Waals surface area contributed by atoms with E-state index >= 15 is 0 Å². The van der Waals surface area contributed by atoms with E-state index < -0.39 is 0 Å². The molecular weight excluding hydrogens is 144 g/mol. The molecule has 1 N–H and O–H groups in total. The van der Waals surface area contributed by atoms with Crippen molar-refractivity contribution in [1.29, 1.82) is 0 Å². The molecule has 4 heteroatoms. The summed E-state index contributed by atoms with van der Waals surface area (Å²) >= 11 is 0. The maximum atomic E-state index is 11.1. The minimum Gasteiger partial charge on any atom is -0.359 e. The van der Waals surface area contributed by atoms with Crippen molar-refractivity contribution >= 4 is 11.8 Å². The second-order valence-electron chi connectivity index (χ2n) is 2.58. The first kappa shape index (κ1) is 8.04. The van der Waals surface area contributed by atoms with E-state index in [1.807, 2.05) is 0 Å². The van der Waals surface area contributed by atoms with Crippen LogP contribution in [0, 0.1) is 0 Å². The van der Waals surface area contributed by atoms with E-state index in [4.69, 9.17) is 0 Å². The first-order chi connectivity index (χ1) is 5.24. The van der Waals surface area contributed by atoms with Crippen molar-refractivity contribution in [3.8, 4) is 0 Å². The first-order valence-corrected chi connectivity index (χ1v) is 3.72. The van der Waals surface area contributed by atoms with Crippen LogP contribution in [0.25, 0.3) is 0 Å². The SMILES string of the molecule is CNC(=O)CC(=O)N1CCC1. The summed E-state index contributed by atoms with van der Waals surface area (Å²) in [6, 6.07) is 0. The Kier molecular flexibility index (Phi) is 2.46. The Bertz CT molecular complexity index is 175. The Balaban J connectivity index is 2.25. The maximum absolute atomic E-state index is 11.1. The molecule has 1 aliphatic rings. The predicted octanol–water partition coefficient (Wildman–Crippen LogP) is -0.645. The van der Waals surface area contributed by atoms with Gasteiger partial charge in [-0.1, -0.05) is 0 Å². The lowest BCUT2D eigenvalue weighted by Gasteiger charge is -2.30. The zero-order valence-electron chi connectivity index (χ0n) is 6.59. The van der Waals surface area contributed by atoms with Crippen molar-refractivity contribution in [1.82, 2.24) is 10.2 Å². The summed E-state index contributed by atoms with van der Waals surface area (Å²) in [5.41, 5.74) is 0. The van der Waals surface area contributed by atoms with E-state index in [9.17, 15) is 9.59 Å². The molecule has 1 saturated heterocycles. The molecule has 0 aromatic rings. The molecule has 0 aromatic heterocycles. The number of hydrogen-bond donors (Lipinski definition) is 1. The topological polar surface area (TPSA) is 49.4 Å². The van der Waals surface area contributed by atoms with E-state index in [0.717, 1.165) is 19.5 Å². The second-order valence-corrected chi connectivity index (χ2v) is 2.58. The molecule has 0 aliphatic carbocycles. The number of nitrogens with zero attached hydrogens (tertiary/aromatic N) is 1. The quantitative estimate of drug-likeness (QED) is 0.540. The summed E-state index contributed by atoms with van der Waals surface area (Å²) < 4.78 is 0. The fourth-order valence-electron chi connectivity index (χ4n) is 0.903. The van der Waals surface area contributed by atoms with Gasteiger partial charge in [0.25, 0.3) is 0 Å². The van der Waals surface area contributed by atoms with Crippen LogP contribution in [0.5, 0.6) is 0 Å². The number of amides is 2. The molecule has 1 rings (SSSR count). The predicted molar refractivity (Wildman–Crippen MR) is 39.9 cm³/mol. The molecule has 62 valence electrons. The van der Waals surface area contributed by atoms with Crippen LogP contribution >= 0.6 is 0 Å². The van der Waals surface area contributed by atoms with Gasteiger partial charge >= 0.3 is 0 Å². The average Bonchev–Trinajstić information content (AvgIpc) is 1.83. The van der Waals surface area contributed by atoms with Crippen LogP contribution in [0.3, 0.4) is 0 Å². The summed E-state index contributed by atoms with van der Waals surface area (Å²) in [6.45, 7) is 1.63. The Morgan fingerprint density at radius 1 is 1.45 bits per heavy atom. The molecule has 0 atom stereocenters. The van der Waals surface area contributed by atoms with Crippen LogP contribution < -0.4 is 5.32 Å². The van der Waals surface area contributed by atoms with Crippen LogP contribution in [0.1, 0.15) is 12.8 Å². The fourth-order valence-corrected chi connectivity index (χ4v) is 0.903. The molecule has 11 heavy (non-hydrogen) atoms. The monoisotopic (exact) mass is 156 g/mol. The third-order valence-corrected chi connectivity index (χ3v) is 1.80. The average molecular weight is 156 g/mol. The molecule has 0 unspecified atom stereocenters. The van der Waals surface area contributed by atoms with Gasteiger partial charge in [0.1, 0.15) is 6.42 Å². The number of rotatable bonds is 2. The summed E-state index contributed by atoms with van der Waals surface area (Å²) in [4.78, 5) is 23.5. The lowest BCUT2D eigenvalue weighted by molar-refractivity contribution is -0.138. The van der Waals surface area contributed by atoms with Gasteiger partial charge in [-0.15, -0.1) is 0 Å². The van der Waals surface area contributed by atoms with Crippen molar-refractivity contribution in [2.75, 3.05) is 20.1 Å². The van der Waals surface area contributed by atoms with Gasteiger partial charge in [0.2, 0.25) is 11.8 Å². The Morgan fingerprint density at radius 3 is 2.45 bits per heavy atom. The van der Waals surface area contributed by atoms with Crippen LogP contribution in [-0.2, 0) is 9.59 Å². The van der Waals surface area contributed by atoms with Gasteiger partial charge < -0.3 is 10.2 Å². The Hall–Kier alpha value is -1.06. The highest BCUT2D eigenvalue weighted by molar-refractivity contribution is 5.96. The largest absolute Gasteiger partial charge is 0.359 e. The highest BCUT2D eigenvalue weighted by atomic mass is 16.2. The molecule has 1 fully saturated rings. The van der Waals surface area contributed by atoms with Gasteiger partial charge in [0, 0.05) is 20.1 Å². The third-order valence-electron chi connectivity index (χ3n) is 1.80. The molecule has 2 amide bonds. The van der Waals surface area contributed by atoms with Gasteiger partial charge in [0.15, 0.2) is 0 Å². The van der Waals surface area contributed by atoms with Crippen LogP contribution in [0.15, 0.2) is 0 Å². The molecule has 1 aliphatic heterocycles. The van der Waals surface area contributed by atoms with Gasteiger partial charge in [-0.3, -0.25) is 9.59 Å². The zero-order chi connectivity index (χ0) is 8.27. The van der Waals surface area contributed by atoms with E-state index in [1.165, 1.54) is 7.05 Å². The molecule has 0 bridgehead atoms. The highest BCUT2D eigenvalue weighted by Gasteiger charge is 2.21. The van der Waals surface area contributed by atoms with E-state index in [0.29, 0.717) is 0 Å². The summed E-state index contributed by atoms with van der Waals surface area (Å²) in [6.07, 6.45) is 1.07. The van der Waals surface area contributed by atoms with Gasteiger partial charge in [-0.05, 0) is 6.42 Å². The van der Waals surface area contributed by atoms with Crippen molar-refractivity contribution in [2.45, 2.75) is 12.8 Å². The van der Waals surface area contributed by atoms with Crippen molar-refractivity contribution in [3.05, 3.63) is 0 Å². The van der Waals surface area contributed by atoms with Crippen molar-refractivity contribution in [2.24, 2.45) is 0 Å². The fraction of sp³-hybridized carbons (Fsp3) is 0.714. The Labute approximate surface area is 65.6 Å². The van der Waals surface area contributed by atoms with E-state index in [2.05, 4.69) is 5.32 Å². The van der Waals surface area contributed by atoms with Crippen molar-refractivity contribution in [3.63, 3.8) is 0 Å². The summed E-state index contributed by atoms with van der Waals surface area (Å²) in [5.74, 6) is -0.266. The molecule has 0 aromatic carbocycles. The first-order valence-electron chi connectivity index (χ1n) is 3.72. The standard InChI is InChI=1S/C7H12N2O2/c1-8-6(10)5-7(11)9-3-2-4-9/h2-5H2,1H3,(H,8,10). The van der Waals surface area contributed by atoms with E-state index in [1.54, 1.807) is 4.90 Å². The van der Waals surface area contributed by atoms with Gasteiger partial charge in [-0.2, -0.15) is 0 Å². The third kappa shape index (κ3) is 1.93. The maximum Gasteiger partial charge on any atom is 0.232 e. The van der Waals surface area contributed by atoms with Crippen molar-refractivity contribution < 1.29 is 9.59 Å². The number of carbonyl (C=O) groups excluding carboxylic acids is 2. The summed E-state index contributed by atoms with van der Waals surface area (Å²) in [7, 11) is 1.53. The molecule has 4 nitrogen and oxygen atoms in total. The number of nitrogens with one attached hydrogen (secondary N) is 1.